The van der Waals surface area contributed by atoms with Gasteiger partial charge in [-0.3, -0.25) is 14.5 Å². The van der Waals surface area contributed by atoms with E-state index in [0.29, 0.717) is 5.69 Å². The second-order valence-corrected chi connectivity index (χ2v) is 7.94. The minimum atomic E-state index is -3.82. The molecule has 8 nitrogen and oxygen atoms in total. The molecule has 0 unspecified atom stereocenters. The van der Waals surface area contributed by atoms with Gasteiger partial charge in [0.25, 0.3) is 5.91 Å². The first-order chi connectivity index (χ1) is 13.8. The number of hydrogen-bond donors (Lipinski definition) is 1. The van der Waals surface area contributed by atoms with Crippen LogP contribution in [0.2, 0.25) is 5.02 Å². The maximum absolute atomic E-state index is 12.3. The van der Waals surface area contributed by atoms with Crippen LogP contribution in [0.25, 0.3) is 0 Å². The number of para-hydroxylation sites is 1. The summed E-state index contributed by atoms with van der Waals surface area (Å²) >= 11 is 5.78. The van der Waals surface area contributed by atoms with Gasteiger partial charge >= 0.3 is 5.97 Å². The normalized spacial score (nSPS) is 10.8. The lowest BCUT2D eigenvalue weighted by Gasteiger charge is -2.19. The number of ether oxygens (including phenoxy) is 1. The van der Waals surface area contributed by atoms with Crippen LogP contribution < -0.4 is 9.62 Å². The number of amides is 1. The molecule has 0 fully saturated rings. The maximum atomic E-state index is 12.3. The molecule has 0 saturated carbocycles. The van der Waals surface area contributed by atoms with Crippen molar-refractivity contribution in [3.8, 4) is 6.07 Å². The van der Waals surface area contributed by atoms with E-state index in [1.165, 1.54) is 23.1 Å². The summed E-state index contributed by atoms with van der Waals surface area (Å²) in [5, 5.41) is 9.17. The number of benzene rings is 2. The molecule has 0 atom stereocenters. The molecule has 0 aliphatic carbocycles. The monoisotopic (exact) mass is 435 g/mol. The Bertz CT molecular complexity index is 1010. The molecule has 2 rings (SSSR count). The Balaban J connectivity index is 1.83. The van der Waals surface area contributed by atoms with Gasteiger partial charge in [0.15, 0.2) is 6.61 Å². The van der Waals surface area contributed by atoms with Crippen molar-refractivity contribution in [1.29, 1.82) is 5.26 Å². The molecule has 0 aromatic heterocycles. The third-order valence-electron chi connectivity index (χ3n) is 3.68. The summed E-state index contributed by atoms with van der Waals surface area (Å²) in [5.41, 5.74) is 0.504. The Morgan fingerprint density at radius 2 is 1.86 bits per heavy atom. The molecular weight excluding hydrogens is 418 g/mol. The van der Waals surface area contributed by atoms with E-state index in [2.05, 4.69) is 4.72 Å². The highest BCUT2D eigenvalue weighted by molar-refractivity contribution is 7.89. The molecule has 0 aliphatic heterocycles. The van der Waals surface area contributed by atoms with Crippen molar-refractivity contribution < 1.29 is 22.7 Å². The van der Waals surface area contributed by atoms with E-state index >= 15 is 0 Å². The Morgan fingerprint density at radius 3 is 2.52 bits per heavy atom. The minimum Gasteiger partial charge on any atom is -0.456 e. The van der Waals surface area contributed by atoms with Crippen molar-refractivity contribution >= 4 is 39.2 Å². The van der Waals surface area contributed by atoms with Crippen molar-refractivity contribution in [2.45, 2.75) is 11.3 Å². The van der Waals surface area contributed by atoms with Crippen molar-refractivity contribution in [2.75, 3.05) is 24.6 Å². The first-order valence-electron chi connectivity index (χ1n) is 8.46. The third kappa shape index (κ3) is 6.87. The average molecular weight is 436 g/mol. The van der Waals surface area contributed by atoms with Gasteiger partial charge in [0.1, 0.15) is 6.54 Å². The van der Waals surface area contributed by atoms with Crippen LogP contribution in [0.5, 0.6) is 0 Å². The van der Waals surface area contributed by atoms with Crippen molar-refractivity contribution in [3.05, 3.63) is 59.6 Å². The van der Waals surface area contributed by atoms with Gasteiger partial charge in [-0.05, 0) is 30.3 Å². The second kappa shape index (κ2) is 10.6. The molecule has 0 saturated heterocycles. The number of carbonyl (C=O) groups excluding carboxylic acids is 2. The zero-order chi connectivity index (χ0) is 21.3. The Kier molecular flexibility index (Phi) is 8.15. The summed E-state index contributed by atoms with van der Waals surface area (Å²) < 4.78 is 31.4. The van der Waals surface area contributed by atoms with Crippen LogP contribution in [-0.4, -0.2) is 40.0 Å². The molecule has 0 bridgehead atoms. The standard InChI is InChI=1S/C19H18ClN3O5S/c20-15-5-4-8-17(13-15)29(26,27)22-11-9-19(25)28-14-18(24)23(12-10-21)16-6-2-1-3-7-16/h1-8,13,22H,9,11-12,14H2. The van der Waals surface area contributed by atoms with E-state index in [-0.39, 0.29) is 29.4 Å². The Labute approximate surface area is 173 Å². The van der Waals surface area contributed by atoms with Crippen molar-refractivity contribution in [2.24, 2.45) is 0 Å². The fraction of sp³-hybridized carbons (Fsp3) is 0.211. The average Bonchev–Trinajstić information content (AvgIpc) is 2.71. The number of sulfonamides is 1. The number of esters is 1. The summed E-state index contributed by atoms with van der Waals surface area (Å²) in [6, 6.07) is 16.1. The van der Waals surface area contributed by atoms with Crippen molar-refractivity contribution in [1.82, 2.24) is 4.72 Å². The van der Waals surface area contributed by atoms with E-state index < -0.39 is 28.5 Å². The fourth-order valence-corrected chi connectivity index (χ4v) is 3.63. The highest BCUT2D eigenvalue weighted by atomic mass is 35.5. The quantitative estimate of drug-likeness (QED) is 0.476. The molecule has 1 N–H and O–H groups in total. The third-order valence-corrected chi connectivity index (χ3v) is 5.38. The van der Waals surface area contributed by atoms with E-state index in [0.717, 1.165) is 0 Å². The molecule has 2 aromatic rings. The molecule has 0 aliphatic rings. The van der Waals surface area contributed by atoms with Crippen LogP contribution in [0.4, 0.5) is 5.69 Å². The van der Waals surface area contributed by atoms with Gasteiger partial charge in [-0.25, -0.2) is 13.1 Å². The summed E-state index contributed by atoms with van der Waals surface area (Å²) in [6.45, 7) is -0.960. The number of nitrogens with one attached hydrogen (secondary N) is 1. The van der Waals surface area contributed by atoms with Crippen LogP contribution in [-0.2, 0) is 24.3 Å². The lowest BCUT2D eigenvalue weighted by atomic mass is 10.3. The number of nitriles is 1. The zero-order valence-electron chi connectivity index (χ0n) is 15.2. The molecule has 29 heavy (non-hydrogen) atoms. The van der Waals surface area contributed by atoms with Crippen LogP contribution in [0.3, 0.4) is 0 Å². The van der Waals surface area contributed by atoms with Gasteiger partial charge in [-0.1, -0.05) is 35.9 Å². The second-order valence-electron chi connectivity index (χ2n) is 5.74. The van der Waals surface area contributed by atoms with Crippen LogP contribution >= 0.6 is 11.6 Å². The number of anilines is 1. The smallest absolute Gasteiger partial charge is 0.307 e. The highest BCUT2D eigenvalue weighted by Gasteiger charge is 2.18. The Hall–Kier alpha value is -2.93. The Morgan fingerprint density at radius 1 is 1.14 bits per heavy atom. The maximum Gasteiger partial charge on any atom is 0.307 e. The minimum absolute atomic E-state index is 0.0245. The number of rotatable bonds is 9. The lowest BCUT2D eigenvalue weighted by Crippen LogP contribution is -2.35. The van der Waals surface area contributed by atoms with Gasteiger partial charge < -0.3 is 4.74 Å². The highest BCUT2D eigenvalue weighted by Crippen LogP contribution is 2.15. The zero-order valence-corrected chi connectivity index (χ0v) is 16.8. The molecule has 0 radical (unpaired) electrons. The van der Waals surface area contributed by atoms with Crippen LogP contribution in [0, 0.1) is 11.3 Å². The first-order valence-corrected chi connectivity index (χ1v) is 10.3. The van der Waals surface area contributed by atoms with Gasteiger partial charge in [-0.15, -0.1) is 0 Å². The summed E-state index contributed by atoms with van der Waals surface area (Å²) in [4.78, 5) is 25.3. The first kappa shape index (κ1) is 22.4. The van der Waals surface area contributed by atoms with Gasteiger partial charge in [0.05, 0.1) is 17.4 Å². The van der Waals surface area contributed by atoms with Crippen molar-refractivity contribution in [3.63, 3.8) is 0 Å². The number of nitrogens with zero attached hydrogens (tertiary/aromatic N) is 2. The topological polar surface area (TPSA) is 117 Å². The molecule has 1 amide bonds. The predicted octanol–water partition coefficient (Wildman–Crippen LogP) is 2.11. The van der Waals surface area contributed by atoms with E-state index in [4.69, 9.17) is 21.6 Å². The lowest BCUT2D eigenvalue weighted by molar-refractivity contribution is -0.147. The number of halogens is 1. The van der Waals surface area contributed by atoms with Crippen LogP contribution in [0.15, 0.2) is 59.5 Å². The molecule has 0 spiro atoms. The predicted molar refractivity (Wildman–Crippen MR) is 107 cm³/mol. The number of carbonyl (C=O) groups is 2. The van der Waals surface area contributed by atoms with Gasteiger partial charge in [0, 0.05) is 17.3 Å². The molecule has 2 aromatic carbocycles. The van der Waals surface area contributed by atoms with E-state index in [1.54, 1.807) is 36.4 Å². The fourth-order valence-electron chi connectivity index (χ4n) is 2.30. The molecule has 0 heterocycles. The molecule has 152 valence electrons. The van der Waals surface area contributed by atoms with E-state index in [9.17, 15) is 18.0 Å². The summed E-state index contributed by atoms with van der Waals surface area (Å²) in [5.74, 6) is -1.32. The van der Waals surface area contributed by atoms with Crippen LogP contribution in [0.1, 0.15) is 6.42 Å². The summed E-state index contributed by atoms with van der Waals surface area (Å²) in [6.07, 6.45) is -0.267. The number of hydrogen-bond acceptors (Lipinski definition) is 6. The van der Waals surface area contributed by atoms with Gasteiger partial charge in [0.2, 0.25) is 10.0 Å². The van der Waals surface area contributed by atoms with E-state index in [1.807, 2.05) is 6.07 Å². The molecule has 10 heteroatoms. The SMILES string of the molecule is N#CCN(C(=O)COC(=O)CCNS(=O)(=O)c1cccc(Cl)c1)c1ccccc1. The largest absolute Gasteiger partial charge is 0.456 e. The van der Waals surface area contributed by atoms with Gasteiger partial charge in [-0.2, -0.15) is 5.26 Å². The molecular formula is C19H18ClN3O5S. The summed E-state index contributed by atoms with van der Waals surface area (Å²) in [7, 11) is -3.82.